The summed E-state index contributed by atoms with van der Waals surface area (Å²) in [5.74, 6) is -0.897. The summed E-state index contributed by atoms with van der Waals surface area (Å²) in [5, 5.41) is 0. The number of rotatable bonds is 4. The highest BCUT2D eigenvalue weighted by atomic mass is 19.1. The number of ether oxygens (including phenoxy) is 1. The second kappa shape index (κ2) is 6.98. The molecule has 0 unspecified atom stereocenters. The van der Waals surface area contributed by atoms with Crippen molar-refractivity contribution in [1.29, 1.82) is 0 Å². The van der Waals surface area contributed by atoms with Crippen LogP contribution in [0.4, 0.5) is 4.39 Å². The highest BCUT2D eigenvalue weighted by Gasteiger charge is 2.29. The maximum Gasteiger partial charge on any atom is 0.310 e. The number of halogens is 1. The molecule has 0 radical (unpaired) electrons. The normalized spacial score (nSPS) is 18.6. The van der Waals surface area contributed by atoms with Crippen molar-refractivity contribution >= 4 is 11.9 Å². The summed E-state index contributed by atoms with van der Waals surface area (Å²) >= 11 is 0. The fourth-order valence-electron chi connectivity index (χ4n) is 2.29. The number of carbonyl (C=O) groups is 2. The molecule has 1 fully saturated rings. The van der Waals surface area contributed by atoms with Crippen molar-refractivity contribution in [2.24, 2.45) is 5.92 Å². The van der Waals surface area contributed by atoms with Gasteiger partial charge in [-0.05, 0) is 25.0 Å². The smallest absolute Gasteiger partial charge is 0.310 e. The van der Waals surface area contributed by atoms with Crippen LogP contribution in [-0.4, -0.2) is 48.1 Å². The Hall–Kier alpha value is -1.98. The number of hydrogen-bond donors (Lipinski definition) is 0. The van der Waals surface area contributed by atoms with Crippen LogP contribution in [0, 0.1) is 5.92 Å². The quantitative estimate of drug-likeness (QED) is 0.783. The Morgan fingerprint density at radius 3 is 2.85 bits per heavy atom. The average molecular weight is 280 g/mol. The van der Waals surface area contributed by atoms with Gasteiger partial charge in [-0.25, -0.2) is 4.39 Å². The first-order valence-corrected chi connectivity index (χ1v) is 6.64. The second-order valence-electron chi connectivity index (χ2n) is 4.68. The molecular weight excluding hydrogens is 263 g/mol. The molecule has 2 heterocycles. The number of hydrogen-bond acceptors (Lipinski definition) is 4. The van der Waals surface area contributed by atoms with Crippen LogP contribution in [0.2, 0.25) is 0 Å². The summed E-state index contributed by atoms with van der Waals surface area (Å²) in [4.78, 5) is 29.5. The lowest BCUT2D eigenvalue weighted by Gasteiger charge is -2.31. The molecule has 5 nitrogen and oxygen atoms in total. The van der Waals surface area contributed by atoms with Crippen LogP contribution in [0.1, 0.15) is 23.2 Å². The predicted molar refractivity (Wildman–Crippen MR) is 69.8 cm³/mol. The van der Waals surface area contributed by atoms with E-state index in [0.717, 1.165) is 6.42 Å². The Morgan fingerprint density at radius 2 is 2.15 bits per heavy atom. The summed E-state index contributed by atoms with van der Waals surface area (Å²) in [6, 6.07) is 3.29. The van der Waals surface area contributed by atoms with E-state index >= 15 is 0 Å². The first-order valence-electron chi connectivity index (χ1n) is 6.64. The molecule has 0 spiro atoms. The zero-order valence-corrected chi connectivity index (χ0v) is 11.1. The van der Waals surface area contributed by atoms with Crippen LogP contribution in [-0.2, 0) is 9.53 Å². The molecule has 0 saturated carbocycles. The number of pyridine rings is 1. The van der Waals surface area contributed by atoms with E-state index in [1.807, 2.05) is 0 Å². The summed E-state index contributed by atoms with van der Waals surface area (Å²) in [5.41, 5.74) is 0.553. The molecule has 0 N–H and O–H groups in total. The van der Waals surface area contributed by atoms with Crippen molar-refractivity contribution in [2.75, 3.05) is 26.4 Å². The predicted octanol–water partition coefficient (Wildman–Crippen LogP) is 1.45. The van der Waals surface area contributed by atoms with Gasteiger partial charge < -0.3 is 9.64 Å². The van der Waals surface area contributed by atoms with Gasteiger partial charge in [-0.1, -0.05) is 0 Å². The van der Waals surface area contributed by atoms with Gasteiger partial charge in [0.2, 0.25) is 0 Å². The summed E-state index contributed by atoms with van der Waals surface area (Å²) in [6.07, 6.45) is 4.53. The lowest BCUT2D eigenvalue weighted by molar-refractivity contribution is -0.150. The molecule has 108 valence electrons. The fraction of sp³-hybridized carbons (Fsp3) is 0.500. The van der Waals surface area contributed by atoms with Gasteiger partial charge in [0.25, 0.3) is 5.91 Å². The number of alkyl halides is 1. The summed E-state index contributed by atoms with van der Waals surface area (Å²) in [7, 11) is 0. The van der Waals surface area contributed by atoms with E-state index in [0.29, 0.717) is 25.1 Å². The largest absolute Gasteiger partial charge is 0.463 e. The van der Waals surface area contributed by atoms with Gasteiger partial charge in [-0.2, -0.15) is 0 Å². The first kappa shape index (κ1) is 14.4. The summed E-state index contributed by atoms with van der Waals surface area (Å²) < 4.78 is 16.8. The Kier molecular flexibility index (Phi) is 5.03. The first-order chi connectivity index (χ1) is 9.72. The van der Waals surface area contributed by atoms with Crippen molar-refractivity contribution in [3.8, 4) is 0 Å². The molecule has 2 rings (SSSR count). The molecule has 6 heteroatoms. The van der Waals surface area contributed by atoms with E-state index in [2.05, 4.69) is 4.98 Å². The van der Waals surface area contributed by atoms with E-state index in [4.69, 9.17) is 4.74 Å². The molecule has 20 heavy (non-hydrogen) atoms. The number of nitrogens with zero attached hydrogens (tertiary/aromatic N) is 2. The van der Waals surface area contributed by atoms with Crippen molar-refractivity contribution in [1.82, 2.24) is 9.88 Å². The highest BCUT2D eigenvalue weighted by Crippen LogP contribution is 2.19. The van der Waals surface area contributed by atoms with Crippen LogP contribution in [0.5, 0.6) is 0 Å². The average Bonchev–Trinajstić information content (AvgIpc) is 2.52. The molecule has 1 aromatic rings. The fourth-order valence-corrected chi connectivity index (χ4v) is 2.29. The van der Waals surface area contributed by atoms with Crippen molar-refractivity contribution in [2.45, 2.75) is 12.8 Å². The maximum absolute atomic E-state index is 12.3. The van der Waals surface area contributed by atoms with E-state index in [1.54, 1.807) is 29.4 Å². The molecule has 1 atom stereocenters. The molecule has 1 amide bonds. The van der Waals surface area contributed by atoms with Crippen molar-refractivity contribution in [3.63, 3.8) is 0 Å². The minimum atomic E-state index is -0.682. The van der Waals surface area contributed by atoms with Gasteiger partial charge >= 0.3 is 5.97 Å². The minimum Gasteiger partial charge on any atom is -0.463 e. The van der Waals surface area contributed by atoms with Crippen LogP contribution >= 0.6 is 0 Å². The second-order valence-corrected chi connectivity index (χ2v) is 4.68. The molecule has 0 aliphatic carbocycles. The molecule has 1 aliphatic rings. The number of carbonyl (C=O) groups excluding carboxylic acids is 2. The lowest BCUT2D eigenvalue weighted by Crippen LogP contribution is -2.42. The Bertz CT molecular complexity index is 467. The highest BCUT2D eigenvalue weighted by molar-refractivity contribution is 5.94. The topological polar surface area (TPSA) is 59.5 Å². The van der Waals surface area contributed by atoms with Crippen molar-refractivity contribution in [3.05, 3.63) is 30.1 Å². The third-order valence-corrected chi connectivity index (χ3v) is 3.29. The standard InChI is InChI=1S/C14H17FN2O3/c15-5-9-20-14(19)12-2-1-8-17(10-12)13(18)11-3-6-16-7-4-11/h3-4,6-7,12H,1-2,5,8-10H2/t12-/m0/s1. The van der Waals surface area contributed by atoms with Gasteiger partial charge in [0.05, 0.1) is 5.92 Å². The molecule has 1 aromatic heterocycles. The van der Waals surface area contributed by atoms with Crippen LogP contribution < -0.4 is 0 Å². The zero-order valence-electron chi connectivity index (χ0n) is 11.1. The van der Waals surface area contributed by atoms with Gasteiger partial charge in [-0.3, -0.25) is 14.6 Å². The number of piperidine rings is 1. The molecule has 0 bridgehead atoms. The number of amides is 1. The summed E-state index contributed by atoms with van der Waals surface area (Å²) in [6.45, 7) is 0.0477. The lowest BCUT2D eigenvalue weighted by atomic mass is 9.97. The third kappa shape index (κ3) is 3.53. The van der Waals surface area contributed by atoms with Gasteiger partial charge in [0.1, 0.15) is 13.3 Å². The molecule has 0 aromatic carbocycles. The van der Waals surface area contributed by atoms with E-state index in [-0.39, 0.29) is 18.4 Å². The number of likely N-dealkylation sites (tertiary alicyclic amines) is 1. The van der Waals surface area contributed by atoms with Crippen molar-refractivity contribution < 1.29 is 18.7 Å². The number of esters is 1. The Labute approximate surface area is 116 Å². The maximum atomic E-state index is 12.3. The molecular formula is C14H17FN2O3. The van der Waals surface area contributed by atoms with Crippen LogP contribution in [0.25, 0.3) is 0 Å². The Balaban J connectivity index is 1.96. The SMILES string of the molecule is O=C(OCCF)[C@H]1CCCN(C(=O)c2ccncc2)C1. The van der Waals surface area contributed by atoms with Gasteiger partial charge in [-0.15, -0.1) is 0 Å². The van der Waals surface area contributed by atoms with Gasteiger partial charge in [0, 0.05) is 31.0 Å². The molecule has 1 aliphatic heterocycles. The van der Waals surface area contributed by atoms with E-state index in [1.165, 1.54) is 0 Å². The van der Waals surface area contributed by atoms with E-state index < -0.39 is 12.6 Å². The van der Waals surface area contributed by atoms with Crippen LogP contribution in [0.15, 0.2) is 24.5 Å². The van der Waals surface area contributed by atoms with E-state index in [9.17, 15) is 14.0 Å². The molecule has 1 saturated heterocycles. The monoisotopic (exact) mass is 280 g/mol. The van der Waals surface area contributed by atoms with Crippen LogP contribution in [0.3, 0.4) is 0 Å². The van der Waals surface area contributed by atoms with Gasteiger partial charge in [0.15, 0.2) is 0 Å². The number of aromatic nitrogens is 1. The third-order valence-electron chi connectivity index (χ3n) is 3.29. The zero-order chi connectivity index (χ0) is 14.4. The Morgan fingerprint density at radius 1 is 1.40 bits per heavy atom. The minimum absolute atomic E-state index is 0.115.